The number of benzene rings is 4. The molecular weight excluding hydrogens is 312 g/mol. The Bertz CT molecular complexity index is 830. The smallest absolute Gasteiger partial charge is 0.0491 e. The van der Waals surface area contributed by atoms with E-state index in [1.807, 2.05) is 12.1 Å². The van der Waals surface area contributed by atoms with Crippen LogP contribution in [0.5, 0.6) is 0 Å². The Morgan fingerprint density at radius 3 is 1.27 bits per heavy atom. The first-order valence-corrected chi connectivity index (χ1v) is 9.01. The summed E-state index contributed by atoms with van der Waals surface area (Å²) in [5.74, 6) is 0. The number of hydrogen-bond acceptors (Lipinski definition) is 0. The van der Waals surface area contributed by atoms with Crippen molar-refractivity contribution in [2.75, 3.05) is 0 Å². The zero-order chi connectivity index (χ0) is 17.7. The van der Waals surface area contributed by atoms with E-state index in [4.69, 9.17) is 0 Å². The molecule has 0 aliphatic carbocycles. The SMILES string of the molecule is [c]1ccc(CC(c2ccccc2)(c2ccccc2)c2ccccc2)cc1. The third kappa shape index (κ3) is 3.07. The van der Waals surface area contributed by atoms with E-state index >= 15 is 0 Å². The lowest BCUT2D eigenvalue weighted by Crippen LogP contribution is -2.32. The second-order valence-electron chi connectivity index (χ2n) is 6.59. The van der Waals surface area contributed by atoms with E-state index in [1.54, 1.807) is 0 Å². The van der Waals surface area contributed by atoms with Crippen LogP contribution in [0.25, 0.3) is 0 Å². The molecule has 4 aromatic carbocycles. The van der Waals surface area contributed by atoms with Gasteiger partial charge in [-0.15, -0.1) is 0 Å². The second-order valence-corrected chi connectivity index (χ2v) is 6.59. The van der Waals surface area contributed by atoms with Gasteiger partial charge in [0.25, 0.3) is 0 Å². The fourth-order valence-corrected chi connectivity index (χ4v) is 3.82. The zero-order valence-electron chi connectivity index (χ0n) is 14.7. The van der Waals surface area contributed by atoms with Crippen LogP contribution in [0.3, 0.4) is 0 Å². The summed E-state index contributed by atoms with van der Waals surface area (Å²) in [6.07, 6.45) is 0.902. The lowest BCUT2D eigenvalue weighted by Gasteiger charge is -2.36. The summed E-state index contributed by atoms with van der Waals surface area (Å²) in [6.45, 7) is 0. The number of hydrogen-bond donors (Lipinski definition) is 0. The minimum atomic E-state index is -0.231. The Morgan fingerprint density at radius 1 is 0.500 bits per heavy atom. The molecule has 0 fully saturated rings. The molecule has 0 aromatic heterocycles. The zero-order valence-corrected chi connectivity index (χ0v) is 14.7. The van der Waals surface area contributed by atoms with E-state index in [-0.39, 0.29) is 5.41 Å². The molecule has 0 amide bonds. The molecule has 0 aliphatic rings. The fourth-order valence-electron chi connectivity index (χ4n) is 3.82. The van der Waals surface area contributed by atoms with Crippen molar-refractivity contribution in [1.82, 2.24) is 0 Å². The highest BCUT2D eigenvalue weighted by molar-refractivity contribution is 5.51. The Balaban J connectivity index is 2.00. The maximum atomic E-state index is 3.14. The molecule has 1 radical (unpaired) electrons. The normalized spacial score (nSPS) is 11.2. The van der Waals surface area contributed by atoms with Crippen LogP contribution in [0.15, 0.2) is 115 Å². The molecule has 0 unspecified atom stereocenters. The molecule has 26 heavy (non-hydrogen) atoms. The van der Waals surface area contributed by atoms with Crippen LogP contribution in [-0.4, -0.2) is 0 Å². The van der Waals surface area contributed by atoms with Crippen molar-refractivity contribution in [1.29, 1.82) is 0 Å². The highest BCUT2D eigenvalue weighted by atomic mass is 14.4. The third-order valence-electron chi connectivity index (χ3n) is 5.06. The summed E-state index contributed by atoms with van der Waals surface area (Å²) in [6, 6.07) is 44.0. The van der Waals surface area contributed by atoms with Gasteiger partial charge >= 0.3 is 0 Å². The predicted octanol–water partition coefficient (Wildman–Crippen LogP) is 6.06. The van der Waals surface area contributed by atoms with Crippen LogP contribution < -0.4 is 0 Å². The molecule has 0 bridgehead atoms. The van der Waals surface area contributed by atoms with Crippen molar-refractivity contribution in [3.63, 3.8) is 0 Å². The largest absolute Gasteiger partial charge is 0.0622 e. The minimum Gasteiger partial charge on any atom is -0.0622 e. The van der Waals surface area contributed by atoms with Gasteiger partial charge in [-0.3, -0.25) is 0 Å². The molecule has 125 valence electrons. The molecule has 0 nitrogen and oxygen atoms in total. The average Bonchev–Trinajstić information content (AvgIpc) is 2.75. The summed E-state index contributed by atoms with van der Waals surface area (Å²) in [5.41, 5.74) is 5.01. The van der Waals surface area contributed by atoms with Crippen LogP contribution in [-0.2, 0) is 11.8 Å². The van der Waals surface area contributed by atoms with Crippen molar-refractivity contribution in [2.45, 2.75) is 11.8 Å². The summed E-state index contributed by atoms with van der Waals surface area (Å²) < 4.78 is 0. The van der Waals surface area contributed by atoms with Gasteiger partial charge in [-0.2, -0.15) is 0 Å². The highest BCUT2D eigenvalue weighted by Gasteiger charge is 2.36. The molecule has 0 N–H and O–H groups in total. The summed E-state index contributed by atoms with van der Waals surface area (Å²) >= 11 is 0. The summed E-state index contributed by atoms with van der Waals surface area (Å²) in [7, 11) is 0. The second kappa shape index (κ2) is 7.41. The van der Waals surface area contributed by atoms with Gasteiger partial charge in [0.15, 0.2) is 0 Å². The standard InChI is InChI=1S/C26H21/c1-5-13-22(14-6-1)21-26(23-15-7-2-8-16-23,24-17-9-3-10-18-24)25-19-11-4-12-20-25/h2-20H,21H2. The fraction of sp³-hybridized carbons (Fsp3) is 0.0769. The quantitative estimate of drug-likeness (QED) is 0.389. The van der Waals surface area contributed by atoms with E-state index < -0.39 is 0 Å². The molecule has 4 aromatic rings. The van der Waals surface area contributed by atoms with Gasteiger partial charge in [-0.1, -0.05) is 115 Å². The molecule has 0 saturated carbocycles. The van der Waals surface area contributed by atoms with Gasteiger partial charge in [0.2, 0.25) is 0 Å². The molecule has 0 heterocycles. The van der Waals surface area contributed by atoms with Gasteiger partial charge in [-0.05, 0) is 34.7 Å². The van der Waals surface area contributed by atoms with Gasteiger partial charge in [-0.25, -0.2) is 0 Å². The van der Waals surface area contributed by atoms with Crippen molar-refractivity contribution >= 4 is 0 Å². The van der Waals surface area contributed by atoms with E-state index in [2.05, 4.69) is 109 Å². The molecule has 0 aliphatic heterocycles. The minimum absolute atomic E-state index is 0.231. The first-order valence-electron chi connectivity index (χ1n) is 9.01. The molecule has 0 atom stereocenters. The van der Waals surface area contributed by atoms with Crippen LogP contribution in [0.2, 0.25) is 0 Å². The summed E-state index contributed by atoms with van der Waals surface area (Å²) in [4.78, 5) is 0. The third-order valence-corrected chi connectivity index (χ3v) is 5.06. The van der Waals surface area contributed by atoms with Crippen molar-refractivity contribution < 1.29 is 0 Å². The van der Waals surface area contributed by atoms with Crippen LogP contribution in [0.4, 0.5) is 0 Å². The lowest BCUT2D eigenvalue weighted by molar-refractivity contribution is 0.613. The molecule has 0 heteroatoms. The van der Waals surface area contributed by atoms with Crippen LogP contribution >= 0.6 is 0 Å². The van der Waals surface area contributed by atoms with Crippen molar-refractivity contribution in [3.8, 4) is 0 Å². The van der Waals surface area contributed by atoms with Gasteiger partial charge < -0.3 is 0 Å². The molecule has 4 rings (SSSR count). The van der Waals surface area contributed by atoms with E-state index in [0.29, 0.717) is 0 Å². The first-order chi connectivity index (χ1) is 12.9. The predicted molar refractivity (Wildman–Crippen MR) is 108 cm³/mol. The van der Waals surface area contributed by atoms with E-state index in [1.165, 1.54) is 22.3 Å². The van der Waals surface area contributed by atoms with Gasteiger partial charge in [0.1, 0.15) is 0 Å². The topological polar surface area (TPSA) is 0 Å². The van der Waals surface area contributed by atoms with E-state index in [9.17, 15) is 0 Å². The Hall–Kier alpha value is -3.12. The van der Waals surface area contributed by atoms with E-state index in [0.717, 1.165) is 6.42 Å². The summed E-state index contributed by atoms with van der Waals surface area (Å²) in [5, 5.41) is 0. The van der Waals surface area contributed by atoms with Gasteiger partial charge in [0, 0.05) is 5.41 Å². The number of rotatable bonds is 5. The maximum Gasteiger partial charge on any atom is 0.0491 e. The monoisotopic (exact) mass is 333 g/mol. The van der Waals surface area contributed by atoms with Crippen LogP contribution in [0, 0.1) is 6.07 Å². The molecule has 0 saturated heterocycles. The first kappa shape index (κ1) is 16.4. The van der Waals surface area contributed by atoms with Crippen LogP contribution in [0.1, 0.15) is 22.3 Å². The molecule has 0 spiro atoms. The molecular formula is C26H21. The van der Waals surface area contributed by atoms with Gasteiger partial charge in [0.05, 0.1) is 0 Å². The highest BCUT2D eigenvalue weighted by Crippen LogP contribution is 2.41. The Morgan fingerprint density at radius 2 is 0.885 bits per heavy atom. The Labute approximate surface area is 155 Å². The maximum absolute atomic E-state index is 3.14. The Kier molecular flexibility index (Phi) is 4.66. The van der Waals surface area contributed by atoms with Crippen molar-refractivity contribution in [3.05, 3.63) is 144 Å². The lowest BCUT2D eigenvalue weighted by atomic mass is 9.66. The van der Waals surface area contributed by atoms with Crippen molar-refractivity contribution in [2.24, 2.45) is 0 Å². The average molecular weight is 333 g/mol.